The van der Waals surface area contributed by atoms with Crippen LogP contribution < -0.4 is 10.6 Å². The van der Waals surface area contributed by atoms with Crippen LogP contribution in [-0.4, -0.2) is 69.3 Å². The first-order valence-electron chi connectivity index (χ1n) is 9.30. The van der Waals surface area contributed by atoms with Crippen molar-refractivity contribution in [1.82, 2.24) is 14.5 Å². The molecule has 7 nitrogen and oxygen atoms in total. The van der Waals surface area contributed by atoms with E-state index in [1.54, 1.807) is 22.5 Å². The summed E-state index contributed by atoms with van der Waals surface area (Å²) >= 11 is 0. The molecule has 2 heterocycles. The van der Waals surface area contributed by atoms with Crippen molar-refractivity contribution >= 4 is 46.4 Å². The quantitative estimate of drug-likeness (QED) is 0.712. The molecule has 0 spiro atoms. The second-order valence-electron chi connectivity index (χ2n) is 7.02. The van der Waals surface area contributed by atoms with Gasteiger partial charge < -0.3 is 10.6 Å². The molecule has 2 saturated heterocycles. The highest BCUT2D eigenvalue weighted by Gasteiger charge is 2.26. The number of carbonyl (C=O) groups excluding carboxylic acids is 1. The third-order valence-electron chi connectivity index (χ3n) is 5.01. The van der Waals surface area contributed by atoms with Crippen molar-refractivity contribution in [2.45, 2.75) is 31.1 Å². The van der Waals surface area contributed by atoms with Crippen molar-refractivity contribution in [3.63, 3.8) is 0 Å². The number of nitrogens with zero attached hydrogens (tertiary/aromatic N) is 2. The molecule has 0 saturated carbocycles. The molecule has 0 aliphatic carbocycles. The van der Waals surface area contributed by atoms with Crippen molar-refractivity contribution in [2.24, 2.45) is 0 Å². The second-order valence-corrected chi connectivity index (χ2v) is 8.95. The fourth-order valence-electron chi connectivity index (χ4n) is 3.41. The molecule has 0 radical (unpaired) electrons. The van der Waals surface area contributed by atoms with E-state index in [1.165, 1.54) is 0 Å². The molecule has 2 aliphatic heterocycles. The number of sulfonamides is 1. The van der Waals surface area contributed by atoms with E-state index in [-0.39, 0.29) is 35.6 Å². The topological polar surface area (TPSA) is 81.8 Å². The van der Waals surface area contributed by atoms with Crippen molar-refractivity contribution in [2.75, 3.05) is 51.1 Å². The summed E-state index contributed by atoms with van der Waals surface area (Å²) in [5.74, 6) is -0.109. The number of amides is 1. The number of carbonyl (C=O) groups is 1. The number of hydrogen-bond acceptors (Lipinski definition) is 5. The lowest BCUT2D eigenvalue weighted by molar-refractivity contribution is -0.117. The Balaban J connectivity index is 0.00000196. The maximum Gasteiger partial charge on any atom is 0.243 e. The fraction of sp³-hybridized carbons (Fsp3) is 0.611. The number of benzene rings is 1. The van der Waals surface area contributed by atoms with Crippen molar-refractivity contribution in [3.8, 4) is 0 Å². The molecular weight excluding hydrogens is 423 g/mol. The van der Waals surface area contributed by atoms with E-state index in [4.69, 9.17) is 0 Å². The molecule has 1 amide bonds. The summed E-state index contributed by atoms with van der Waals surface area (Å²) in [6.07, 6.45) is 2.88. The predicted molar refractivity (Wildman–Crippen MR) is 116 cm³/mol. The molecule has 0 aromatic heterocycles. The lowest BCUT2D eigenvalue weighted by Gasteiger charge is -2.27. The average Bonchev–Trinajstić information content (AvgIpc) is 2.65. The summed E-state index contributed by atoms with van der Waals surface area (Å²) in [5.41, 5.74) is 1.43. The van der Waals surface area contributed by atoms with Gasteiger partial charge in [0.15, 0.2) is 0 Å². The molecule has 2 fully saturated rings. The van der Waals surface area contributed by atoms with E-state index in [9.17, 15) is 13.2 Å². The number of halogens is 2. The zero-order valence-corrected chi connectivity index (χ0v) is 18.6. The highest BCUT2D eigenvalue weighted by molar-refractivity contribution is 7.89. The van der Waals surface area contributed by atoms with Crippen LogP contribution in [0, 0.1) is 6.92 Å². The largest absolute Gasteiger partial charge is 0.325 e. The first-order chi connectivity index (χ1) is 12.5. The van der Waals surface area contributed by atoms with Gasteiger partial charge in [-0.15, -0.1) is 24.8 Å². The molecule has 0 atom stereocenters. The van der Waals surface area contributed by atoms with E-state index in [0.29, 0.717) is 25.3 Å². The van der Waals surface area contributed by atoms with Crippen LogP contribution in [0.4, 0.5) is 5.69 Å². The molecule has 10 heteroatoms. The van der Waals surface area contributed by atoms with E-state index < -0.39 is 10.0 Å². The van der Waals surface area contributed by atoms with Crippen LogP contribution >= 0.6 is 24.8 Å². The van der Waals surface area contributed by atoms with Crippen LogP contribution in [0.15, 0.2) is 23.1 Å². The molecule has 1 aromatic carbocycles. The van der Waals surface area contributed by atoms with Gasteiger partial charge in [0.1, 0.15) is 0 Å². The Hall–Kier alpha value is -0.900. The smallest absolute Gasteiger partial charge is 0.243 e. The molecule has 1 aromatic rings. The van der Waals surface area contributed by atoms with Crippen LogP contribution in [0.2, 0.25) is 0 Å². The molecular formula is C18H30Cl2N4O3S. The monoisotopic (exact) mass is 452 g/mol. The Kier molecular flexibility index (Phi) is 10.2. The zero-order chi connectivity index (χ0) is 18.6. The zero-order valence-electron chi connectivity index (χ0n) is 16.1. The summed E-state index contributed by atoms with van der Waals surface area (Å²) in [5, 5.41) is 6.15. The van der Waals surface area contributed by atoms with Gasteiger partial charge in [0.2, 0.25) is 15.9 Å². The molecule has 2 N–H and O–H groups in total. The van der Waals surface area contributed by atoms with E-state index in [0.717, 1.165) is 51.0 Å². The van der Waals surface area contributed by atoms with Crippen LogP contribution in [0.1, 0.15) is 24.8 Å². The van der Waals surface area contributed by atoms with Gasteiger partial charge in [-0.25, -0.2) is 8.42 Å². The molecule has 3 rings (SSSR count). The normalized spacial score (nSPS) is 18.6. The van der Waals surface area contributed by atoms with Crippen molar-refractivity contribution < 1.29 is 13.2 Å². The summed E-state index contributed by atoms with van der Waals surface area (Å²) in [4.78, 5) is 14.7. The Morgan fingerprint density at radius 2 is 1.71 bits per heavy atom. The number of rotatable bonds is 5. The summed E-state index contributed by atoms with van der Waals surface area (Å²) in [6, 6.07) is 4.98. The Morgan fingerprint density at radius 1 is 1.07 bits per heavy atom. The average molecular weight is 453 g/mol. The molecule has 0 bridgehead atoms. The minimum atomic E-state index is -3.50. The molecule has 0 unspecified atom stereocenters. The van der Waals surface area contributed by atoms with Gasteiger partial charge in [-0.2, -0.15) is 4.31 Å². The van der Waals surface area contributed by atoms with Crippen molar-refractivity contribution in [1.29, 1.82) is 0 Å². The SMILES string of the molecule is Cc1ccc(S(=O)(=O)N2CCCCC2)cc1NC(=O)CN1CCNCC1.Cl.Cl. The maximum absolute atomic E-state index is 12.9. The van der Waals surface area contributed by atoms with E-state index in [2.05, 4.69) is 15.5 Å². The standard InChI is InChI=1S/C18H28N4O3S.2ClH/c1-15-5-6-16(26(24,25)22-9-3-2-4-10-22)13-17(15)20-18(23)14-21-11-7-19-8-12-21;;/h5-6,13,19H,2-4,7-12,14H2,1H3,(H,20,23);2*1H. The van der Waals surface area contributed by atoms with Gasteiger partial charge in [-0.1, -0.05) is 12.5 Å². The number of nitrogens with one attached hydrogen (secondary N) is 2. The van der Waals surface area contributed by atoms with Gasteiger partial charge in [0.25, 0.3) is 0 Å². The Morgan fingerprint density at radius 3 is 2.36 bits per heavy atom. The first-order valence-corrected chi connectivity index (χ1v) is 10.7. The highest BCUT2D eigenvalue weighted by Crippen LogP contribution is 2.25. The molecule has 2 aliphatic rings. The van der Waals surface area contributed by atoms with E-state index >= 15 is 0 Å². The van der Waals surface area contributed by atoms with Gasteiger partial charge in [-0.05, 0) is 37.5 Å². The summed E-state index contributed by atoms with van der Waals surface area (Å²) in [7, 11) is -3.50. The summed E-state index contributed by atoms with van der Waals surface area (Å²) < 4.78 is 27.3. The van der Waals surface area contributed by atoms with Gasteiger partial charge in [-0.3, -0.25) is 9.69 Å². The van der Waals surface area contributed by atoms with Crippen LogP contribution in [0.3, 0.4) is 0 Å². The van der Waals surface area contributed by atoms with Gasteiger partial charge in [0, 0.05) is 45.0 Å². The number of piperazine rings is 1. The third-order valence-corrected chi connectivity index (χ3v) is 6.91. The van der Waals surface area contributed by atoms with Crippen LogP contribution in [0.25, 0.3) is 0 Å². The van der Waals surface area contributed by atoms with Crippen molar-refractivity contribution in [3.05, 3.63) is 23.8 Å². The lowest BCUT2D eigenvalue weighted by Crippen LogP contribution is -2.46. The third kappa shape index (κ3) is 6.30. The van der Waals surface area contributed by atoms with E-state index in [1.807, 2.05) is 6.92 Å². The number of anilines is 1. The maximum atomic E-state index is 12.9. The molecule has 28 heavy (non-hydrogen) atoms. The number of piperidine rings is 1. The van der Waals surface area contributed by atoms with Crippen LogP contribution in [0.5, 0.6) is 0 Å². The highest BCUT2D eigenvalue weighted by atomic mass is 35.5. The lowest BCUT2D eigenvalue weighted by atomic mass is 10.2. The van der Waals surface area contributed by atoms with Gasteiger partial charge in [0.05, 0.1) is 11.4 Å². The van der Waals surface area contributed by atoms with Crippen LogP contribution in [-0.2, 0) is 14.8 Å². The Labute approximate surface area is 180 Å². The minimum absolute atomic E-state index is 0. The van der Waals surface area contributed by atoms with Gasteiger partial charge >= 0.3 is 0 Å². The first kappa shape index (κ1) is 25.1. The summed E-state index contributed by atoms with van der Waals surface area (Å²) in [6.45, 7) is 6.79. The molecule has 160 valence electrons. The minimum Gasteiger partial charge on any atom is -0.325 e. The number of aryl methyl sites for hydroxylation is 1. The number of hydrogen-bond donors (Lipinski definition) is 2. The Bertz CT molecular complexity index is 749. The second kappa shape index (κ2) is 11.3. The fourth-order valence-corrected chi connectivity index (χ4v) is 4.96. The predicted octanol–water partition coefficient (Wildman–Crippen LogP) is 1.86.